The molecule has 9 heteroatoms. The van der Waals surface area contributed by atoms with E-state index in [0.717, 1.165) is 6.42 Å². The van der Waals surface area contributed by atoms with Crippen molar-refractivity contribution in [1.82, 2.24) is 15.8 Å². The Morgan fingerprint density at radius 1 is 1.36 bits per heavy atom. The Labute approximate surface area is 148 Å². The molecule has 3 heterocycles. The zero-order valence-electron chi connectivity index (χ0n) is 13.9. The Morgan fingerprint density at radius 3 is 2.80 bits per heavy atom. The molecule has 0 aliphatic carbocycles. The third-order valence-corrected chi connectivity index (χ3v) is 4.70. The quantitative estimate of drug-likeness (QED) is 0.802. The predicted octanol–water partition coefficient (Wildman–Crippen LogP) is 1.48. The van der Waals surface area contributed by atoms with E-state index in [1.807, 2.05) is 0 Å². The van der Waals surface area contributed by atoms with Crippen LogP contribution in [-0.4, -0.2) is 29.3 Å². The average Bonchev–Trinajstić information content (AvgIpc) is 3.25. The molecular formula is C16H18N4O4S. The van der Waals surface area contributed by atoms with Gasteiger partial charge in [0, 0.05) is 18.3 Å². The van der Waals surface area contributed by atoms with Gasteiger partial charge < -0.3 is 4.42 Å². The van der Waals surface area contributed by atoms with Crippen molar-refractivity contribution in [2.45, 2.75) is 33.1 Å². The van der Waals surface area contributed by atoms with Crippen LogP contribution in [0.2, 0.25) is 0 Å². The minimum Gasteiger partial charge on any atom is -0.466 e. The molecule has 0 atom stereocenters. The van der Waals surface area contributed by atoms with E-state index in [2.05, 4.69) is 15.8 Å². The predicted molar refractivity (Wildman–Crippen MR) is 91.2 cm³/mol. The fraction of sp³-hybridized carbons (Fsp3) is 0.375. The van der Waals surface area contributed by atoms with E-state index in [1.54, 1.807) is 30.2 Å². The van der Waals surface area contributed by atoms with Crippen molar-refractivity contribution in [3.63, 3.8) is 0 Å². The molecule has 132 valence electrons. The molecule has 2 aromatic heterocycles. The number of hydrazine groups is 1. The highest BCUT2D eigenvalue weighted by Crippen LogP contribution is 2.25. The number of aryl methyl sites for hydroxylation is 2. The van der Waals surface area contributed by atoms with Gasteiger partial charge in [-0.1, -0.05) is 0 Å². The van der Waals surface area contributed by atoms with Crippen molar-refractivity contribution < 1.29 is 18.8 Å². The van der Waals surface area contributed by atoms with Crippen LogP contribution in [-0.2, 0) is 16.0 Å². The summed E-state index contributed by atoms with van der Waals surface area (Å²) in [4.78, 5) is 41.6. The molecule has 25 heavy (non-hydrogen) atoms. The minimum atomic E-state index is -0.440. The normalized spacial score (nSPS) is 14.0. The van der Waals surface area contributed by atoms with E-state index in [1.165, 1.54) is 11.3 Å². The number of hydrogen-bond acceptors (Lipinski definition) is 6. The summed E-state index contributed by atoms with van der Waals surface area (Å²) in [5.74, 6) is 0.340. The maximum Gasteiger partial charge on any atom is 0.273 e. The van der Waals surface area contributed by atoms with Crippen LogP contribution in [0.4, 0.5) is 5.13 Å². The number of nitrogens with zero attached hydrogens (tertiary/aromatic N) is 2. The lowest BCUT2D eigenvalue weighted by Crippen LogP contribution is -2.42. The molecule has 1 aliphatic rings. The van der Waals surface area contributed by atoms with Gasteiger partial charge in [0.25, 0.3) is 5.91 Å². The Hall–Kier alpha value is -2.68. The lowest BCUT2D eigenvalue weighted by atomic mass is 10.2. The van der Waals surface area contributed by atoms with Crippen LogP contribution in [0.15, 0.2) is 15.9 Å². The molecule has 1 aliphatic heterocycles. The molecule has 0 saturated carbocycles. The number of anilines is 1. The number of carbonyl (C=O) groups excluding carboxylic acids is 3. The summed E-state index contributed by atoms with van der Waals surface area (Å²) in [6, 6.07) is 1.61. The topological polar surface area (TPSA) is 105 Å². The van der Waals surface area contributed by atoms with Gasteiger partial charge in [0.2, 0.25) is 11.8 Å². The molecule has 1 saturated heterocycles. The second-order valence-corrected chi connectivity index (χ2v) is 6.61. The van der Waals surface area contributed by atoms with E-state index < -0.39 is 11.8 Å². The third-order valence-electron chi connectivity index (χ3n) is 3.79. The lowest BCUT2D eigenvalue weighted by Gasteiger charge is -2.10. The zero-order chi connectivity index (χ0) is 18.0. The molecule has 0 unspecified atom stereocenters. The molecular weight excluding hydrogens is 344 g/mol. The molecule has 2 aromatic rings. The van der Waals surface area contributed by atoms with Crippen LogP contribution in [0.3, 0.4) is 0 Å². The van der Waals surface area contributed by atoms with Gasteiger partial charge in [-0.3, -0.25) is 30.1 Å². The van der Waals surface area contributed by atoms with Gasteiger partial charge in [0.05, 0.1) is 17.7 Å². The van der Waals surface area contributed by atoms with Gasteiger partial charge in [-0.2, -0.15) is 0 Å². The van der Waals surface area contributed by atoms with Gasteiger partial charge in [-0.25, -0.2) is 4.98 Å². The second-order valence-electron chi connectivity index (χ2n) is 5.78. The number of amides is 3. The molecule has 8 nitrogen and oxygen atoms in total. The molecule has 3 rings (SSSR count). The molecule has 3 amide bonds. The van der Waals surface area contributed by atoms with Crippen molar-refractivity contribution in [3.05, 3.63) is 34.2 Å². The molecule has 2 N–H and O–H groups in total. The van der Waals surface area contributed by atoms with Gasteiger partial charge >= 0.3 is 0 Å². The number of carbonyl (C=O) groups is 3. The first-order valence-electron chi connectivity index (χ1n) is 7.85. The van der Waals surface area contributed by atoms with E-state index in [-0.39, 0.29) is 12.3 Å². The van der Waals surface area contributed by atoms with E-state index in [9.17, 15) is 14.4 Å². The summed E-state index contributed by atoms with van der Waals surface area (Å²) in [6.45, 7) is 4.09. The Morgan fingerprint density at radius 2 is 2.16 bits per heavy atom. The molecule has 0 bridgehead atoms. The first kappa shape index (κ1) is 17.2. The van der Waals surface area contributed by atoms with Gasteiger partial charge in [0.15, 0.2) is 5.13 Å². The van der Waals surface area contributed by atoms with Crippen molar-refractivity contribution in [1.29, 1.82) is 0 Å². The summed E-state index contributed by atoms with van der Waals surface area (Å²) in [7, 11) is 0. The number of thiazole rings is 1. The number of hydrogen-bond donors (Lipinski definition) is 2. The Bertz CT molecular complexity index is 826. The van der Waals surface area contributed by atoms with Crippen LogP contribution in [0.5, 0.6) is 0 Å². The number of rotatable bonds is 4. The monoisotopic (exact) mass is 362 g/mol. The van der Waals surface area contributed by atoms with Gasteiger partial charge in [-0.15, -0.1) is 11.3 Å². The molecule has 0 aromatic carbocycles. The fourth-order valence-electron chi connectivity index (χ4n) is 2.61. The summed E-state index contributed by atoms with van der Waals surface area (Å²) in [5.41, 5.74) is 5.65. The van der Waals surface area contributed by atoms with Crippen molar-refractivity contribution in [2.24, 2.45) is 0 Å². The highest BCUT2D eigenvalue weighted by molar-refractivity contribution is 7.14. The van der Waals surface area contributed by atoms with Gasteiger partial charge in [-0.05, 0) is 26.3 Å². The summed E-state index contributed by atoms with van der Waals surface area (Å²) >= 11 is 1.33. The highest BCUT2D eigenvalue weighted by atomic mass is 32.1. The summed E-state index contributed by atoms with van der Waals surface area (Å²) in [5, 5.41) is 2.35. The fourth-order valence-corrected chi connectivity index (χ4v) is 3.48. The van der Waals surface area contributed by atoms with Crippen molar-refractivity contribution in [3.8, 4) is 0 Å². The maximum absolute atomic E-state index is 12.0. The Kier molecular flexibility index (Phi) is 4.84. The first-order valence-corrected chi connectivity index (χ1v) is 8.73. The van der Waals surface area contributed by atoms with Crippen LogP contribution in [0.25, 0.3) is 0 Å². The second kappa shape index (κ2) is 7.06. The number of aromatic nitrogens is 1. The van der Waals surface area contributed by atoms with Crippen LogP contribution < -0.4 is 15.8 Å². The van der Waals surface area contributed by atoms with E-state index in [0.29, 0.717) is 40.9 Å². The van der Waals surface area contributed by atoms with Crippen LogP contribution in [0.1, 0.15) is 40.4 Å². The summed E-state index contributed by atoms with van der Waals surface area (Å²) in [6.07, 6.45) is 1.38. The zero-order valence-corrected chi connectivity index (χ0v) is 14.7. The largest absolute Gasteiger partial charge is 0.466 e. The third kappa shape index (κ3) is 3.87. The van der Waals surface area contributed by atoms with Gasteiger partial charge in [0.1, 0.15) is 11.5 Å². The SMILES string of the molecule is Cc1cc(C(=O)NNC(=O)Cc2csc(N3CCCC3=O)n2)c(C)o1. The molecule has 1 fully saturated rings. The maximum atomic E-state index is 12.0. The Balaban J connectivity index is 1.53. The van der Waals surface area contributed by atoms with Crippen LogP contribution in [0, 0.1) is 13.8 Å². The van der Waals surface area contributed by atoms with E-state index >= 15 is 0 Å². The number of nitrogens with one attached hydrogen (secondary N) is 2. The van der Waals surface area contributed by atoms with E-state index in [4.69, 9.17) is 4.42 Å². The first-order chi connectivity index (χ1) is 11.9. The van der Waals surface area contributed by atoms with Crippen LogP contribution >= 0.6 is 11.3 Å². The smallest absolute Gasteiger partial charge is 0.273 e. The highest BCUT2D eigenvalue weighted by Gasteiger charge is 2.24. The molecule has 0 spiro atoms. The number of furan rings is 1. The van der Waals surface area contributed by atoms with Crippen molar-refractivity contribution in [2.75, 3.05) is 11.4 Å². The standard InChI is InChI=1S/C16H18N4O4S/c1-9-6-12(10(2)24-9)15(23)19-18-13(21)7-11-8-25-16(17-11)20-5-3-4-14(20)22/h6,8H,3-5,7H2,1-2H3,(H,18,21)(H,19,23). The average molecular weight is 362 g/mol. The summed E-state index contributed by atoms with van der Waals surface area (Å²) < 4.78 is 5.28. The lowest BCUT2D eigenvalue weighted by molar-refractivity contribution is -0.121. The minimum absolute atomic E-state index is 0.0161. The molecule has 0 radical (unpaired) electrons. The van der Waals surface area contributed by atoms with Crippen molar-refractivity contribution >= 4 is 34.2 Å².